The minimum Gasteiger partial charge on any atom is -0.507 e. The SMILES string of the molecule is CCCCCOc1ccc(/C(O)=C2/C(=O)C(=O)N(CCCOC)C2c2cccc(OCc3ccccc3)c2)cc1. The van der Waals surface area contributed by atoms with Crippen molar-refractivity contribution in [2.45, 2.75) is 45.3 Å². The first kappa shape index (κ1) is 28.9. The van der Waals surface area contributed by atoms with Crippen LogP contribution in [-0.4, -0.2) is 48.6 Å². The first-order valence-corrected chi connectivity index (χ1v) is 13.8. The summed E-state index contributed by atoms with van der Waals surface area (Å²) in [5, 5.41) is 11.4. The molecule has 3 aromatic rings. The van der Waals surface area contributed by atoms with E-state index in [1.165, 1.54) is 4.90 Å². The summed E-state index contributed by atoms with van der Waals surface area (Å²) in [5.41, 5.74) is 2.20. The van der Waals surface area contributed by atoms with Crippen LogP contribution >= 0.6 is 0 Å². The number of ether oxygens (including phenoxy) is 3. The molecule has 1 fully saturated rings. The van der Waals surface area contributed by atoms with Crippen molar-refractivity contribution in [3.8, 4) is 11.5 Å². The molecule has 1 N–H and O–H groups in total. The van der Waals surface area contributed by atoms with E-state index >= 15 is 0 Å². The van der Waals surface area contributed by atoms with Gasteiger partial charge in [0.25, 0.3) is 11.7 Å². The number of methoxy groups -OCH3 is 1. The van der Waals surface area contributed by atoms with Gasteiger partial charge in [0.05, 0.1) is 18.2 Å². The molecule has 1 amide bonds. The number of likely N-dealkylation sites (tertiary alicyclic amines) is 1. The van der Waals surface area contributed by atoms with Crippen molar-refractivity contribution >= 4 is 17.4 Å². The topological polar surface area (TPSA) is 85.3 Å². The summed E-state index contributed by atoms with van der Waals surface area (Å²) >= 11 is 0. The van der Waals surface area contributed by atoms with E-state index in [1.54, 1.807) is 31.4 Å². The van der Waals surface area contributed by atoms with E-state index in [0.717, 1.165) is 24.8 Å². The molecular formula is C33H37NO6. The highest BCUT2D eigenvalue weighted by Gasteiger charge is 2.45. The molecule has 210 valence electrons. The largest absolute Gasteiger partial charge is 0.507 e. The third-order valence-corrected chi connectivity index (χ3v) is 6.85. The zero-order valence-electron chi connectivity index (χ0n) is 23.2. The molecule has 0 aliphatic carbocycles. The molecule has 1 unspecified atom stereocenters. The van der Waals surface area contributed by atoms with E-state index in [0.29, 0.717) is 55.4 Å². The van der Waals surface area contributed by atoms with Crippen LogP contribution in [0.25, 0.3) is 5.76 Å². The van der Waals surface area contributed by atoms with Crippen LogP contribution in [0, 0.1) is 0 Å². The zero-order chi connectivity index (χ0) is 28.3. The average Bonchev–Trinajstić information content (AvgIpc) is 3.24. The Labute approximate surface area is 236 Å². The maximum atomic E-state index is 13.3. The normalized spacial score (nSPS) is 16.4. The lowest BCUT2D eigenvalue weighted by Gasteiger charge is -2.25. The van der Waals surface area contributed by atoms with Crippen LogP contribution in [0.15, 0.2) is 84.4 Å². The number of benzene rings is 3. The summed E-state index contributed by atoms with van der Waals surface area (Å²) in [6.07, 6.45) is 3.73. The highest BCUT2D eigenvalue weighted by atomic mass is 16.5. The van der Waals surface area contributed by atoms with Crippen LogP contribution in [0.5, 0.6) is 11.5 Å². The van der Waals surface area contributed by atoms with Crippen molar-refractivity contribution in [3.63, 3.8) is 0 Å². The predicted octanol–water partition coefficient (Wildman–Crippen LogP) is 6.29. The van der Waals surface area contributed by atoms with Crippen LogP contribution in [-0.2, 0) is 20.9 Å². The van der Waals surface area contributed by atoms with Gasteiger partial charge in [0.2, 0.25) is 0 Å². The second-order valence-corrected chi connectivity index (χ2v) is 9.77. The number of nitrogens with zero attached hydrogens (tertiary/aromatic N) is 1. The molecule has 0 radical (unpaired) electrons. The Hall–Kier alpha value is -4.10. The number of aliphatic hydroxyl groups is 1. The number of hydrogen-bond acceptors (Lipinski definition) is 6. The average molecular weight is 544 g/mol. The number of hydrogen-bond donors (Lipinski definition) is 1. The van der Waals surface area contributed by atoms with Crippen LogP contribution in [0.3, 0.4) is 0 Å². The van der Waals surface area contributed by atoms with Gasteiger partial charge >= 0.3 is 0 Å². The summed E-state index contributed by atoms with van der Waals surface area (Å²) in [5.74, 6) is -0.281. The van der Waals surface area contributed by atoms with Crippen molar-refractivity contribution in [3.05, 3.63) is 101 Å². The van der Waals surface area contributed by atoms with Crippen molar-refractivity contribution in [2.75, 3.05) is 26.9 Å². The van der Waals surface area contributed by atoms with Crippen LogP contribution in [0.2, 0.25) is 0 Å². The van der Waals surface area contributed by atoms with E-state index in [1.807, 2.05) is 54.6 Å². The van der Waals surface area contributed by atoms with Crippen LogP contribution < -0.4 is 9.47 Å². The summed E-state index contributed by atoms with van der Waals surface area (Å²) in [4.78, 5) is 28.0. The molecule has 7 nitrogen and oxygen atoms in total. The molecule has 0 bridgehead atoms. The number of ketones is 1. The monoisotopic (exact) mass is 543 g/mol. The smallest absolute Gasteiger partial charge is 0.295 e. The zero-order valence-corrected chi connectivity index (χ0v) is 23.2. The molecule has 1 atom stereocenters. The van der Waals surface area contributed by atoms with E-state index in [4.69, 9.17) is 14.2 Å². The number of carbonyl (C=O) groups is 2. The Bertz CT molecular complexity index is 1300. The molecule has 0 spiro atoms. The Morgan fingerprint density at radius 2 is 1.62 bits per heavy atom. The van der Waals surface area contributed by atoms with Gasteiger partial charge in [0.15, 0.2) is 0 Å². The van der Waals surface area contributed by atoms with Gasteiger partial charge in [-0.25, -0.2) is 0 Å². The number of rotatable bonds is 14. The van der Waals surface area contributed by atoms with Crippen molar-refractivity contribution in [2.24, 2.45) is 0 Å². The van der Waals surface area contributed by atoms with Gasteiger partial charge in [0, 0.05) is 25.8 Å². The van der Waals surface area contributed by atoms with Gasteiger partial charge < -0.3 is 24.2 Å². The summed E-state index contributed by atoms with van der Waals surface area (Å²) in [6.45, 7) is 3.88. The Balaban J connectivity index is 1.64. The fourth-order valence-corrected chi connectivity index (χ4v) is 4.76. The summed E-state index contributed by atoms with van der Waals surface area (Å²) in [7, 11) is 1.59. The standard InChI is InChI=1S/C33H37NO6/c1-3-4-8-21-39-27-17-15-25(16-18-27)31(35)29-30(34(19-10-20-38-2)33(37)32(29)36)26-13-9-14-28(22-26)40-23-24-11-6-5-7-12-24/h5-7,9,11-18,22,30,35H,3-4,8,10,19-21,23H2,1-2H3/b31-29-. The molecule has 4 rings (SSSR count). The van der Waals surface area contributed by atoms with E-state index in [9.17, 15) is 14.7 Å². The molecule has 1 saturated heterocycles. The molecule has 3 aromatic carbocycles. The summed E-state index contributed by atoms with van der Waals surface area (Å²) in [6, 6.07) is 23.3. The first-order chi connectivity index (χ1) is 19.5. The Morgan fingerprint density at radius 3 is 2.35 bits per heavy atom. The van der Waals surface area contributed by atoms with Gasteiger partial charge in [0.1, 0.15) is 23.9 Å². The lowest BCUT2D eigenvalue weighted by atomic mass is 9.95. The molecule has 40 heavy (non-hydrogen) atoms. The minimum absolute atomic E-state index is 0.0549. The fraction of sp³-hybridized carbons (Fsp3) is 0.333. The van der Waals surface area contributed by atoms with Gasteiger partial charge in [-0.3, -0.25) is 9.59 Å². The first-order valence-electron chi connectivity index (χ1n) is 13.8. The van der Waals surface area contributed by atoms with Crippen molar-refractivity contribution < 1.29 is 28.9 Å². The number of unbranched alkanes of at least 4 members (excludes halogenated alkanes) is 2. The predicted molar refractivity (Wildman–Crippen MR) is 154 cm³/mol. The lowest BCUT2D eigenvalue weighted by molar-refractivity contribution is -0.140. The van der Waals surface area contributed by atoms with Crippen molar-refractivity contribution in [1.82, 2.24) is 4.90 Å². The van der Waals surface area contributed by atoms with Crippen molar-refractivity contribution in [1.29, 1.82) is 0 Å². The highest BCUT2D eigenvalue weighted by Crippen LogP contribution is 2.40. The van der Waals surface area contributed by atoms with E-state index in [2.05, 4.69) is 6.92 Å². The number of aliphatic hydroxyl groups excluding tert-OH is 1. The van der Waals surface area contributed by atoms with Gasteiger partial charge in [-0.15, -0.1) is 0 Å². The molecule has 7 heteroatoms. The minimum atomic E-state index is -0.762. The summed E-state index contributed by atoms with van der Waals surface area (Å²) < 4.78 is 17.0. The third-order valence-electron chi connectivity index (χ3n) is 6.85. The van der Waals surface area contributed by atoms with Gasteiger partial charge in [-0.05, 0) is 60.4 Å². The van der Waals surface area contributed by atoms with Gasteiger partial charge in [-0.2, -0.15) is 0 Å². The maximum absolute atomic E-state index is 13.3. The third kappa shape index (κ3) is 7.10. The highest BCUT2D eigenvalue weighted by molar-refractivity contribution is 6.46. The van der Waals surface area contributed by atoms with Crippen LogP contribution in [0.4, 0.5) is 0 Å². The second kappa shape index (κ2) is 14.3. The Morgan fingerprint density at radius 1 is 0.850 bits per heavy atom. The molecule has 1 aliphatic heterocycles. The quantitative estimate of drug-likeness (QED) is 0.111. The van der Waals surface area contributed by atoms with E-state index < -0.39 is 17.7 Å². The fourth-order valence-electron chi connectivity index (χ4n) is 4.76. The molecule has 0 aromatic heterocycles. The molecule has 1 heterocycles. The number of Topliss-reactive ketones (excluding diaryl/α,β-unsaturated/α-hetero) is 1. The van der Waals surface area contributed by atoms with E-state index in [-0.39, 0.29) is 11.3 Å². The maximum Gasteiger partial charge on any atom is 0.295 e. The Kier molecular flexibility index (Phi) is 10.4. The van der Waals surface area contributed by atoms with Crippen LogP contribution in [0.1, 0.15) is 55.3 Å². The molecule has 0 saturated carbocycles. The second-order valence-electron chi connectivity index (χ2n) is 9.77. The van der Waals surface area contributed by atoms with Gasteiger partial charge in [-0.1, -0.05) is 62.2 Å². The molecular weight excluding hydrogens is 506 g/mol. The number of carbonyl (C=O) groups excluding carboxylic acids is 2. The lowest BCUT2D eigenvalue weighted by Crippen LogP contribution is -2.31. The molecule has 1 aliphatic rings. The number of amides is 1.